The van der Waals surface area contributed by atoms with Gasteiger partial charge in [0.1, 0.15) is 10.0 Å². The van der Waals surface area contributed by atoms with E-state index in [1.54, 1.807) is 0 Å². The van der Waals surface area contributed by atoms with Crippen LogP contribution in [0.2, 0.25) is 0 Å². The number of rotatable bonds is 3. The molecule has 3 nitrogen and oxygen atoms in total. The second kappa shape index (κ2) is 3.03. The van der Waals surface area contributed by atoms with Gasteiger partial charge in [-0.05, 0) is 31.8 Å². The molecule has 3 rings (SSSR count). The number of aromatic nitrogens is 2. The van der Waals surface area contributed by atoms with E-state index in [0.29, 0.717) is 0 Å². The van der Waals surface area contributed by atoms with Gasteiger partial charge in [-0.2, -0.15) is 0 Å². The summed E-state index contributed by atoms with van der Waals surface area (Å²) in [7, 11) is 0. The molecule has 1 saturated heterocycles. The second-order valence-corrected chi connectivity index (χ2v) is 5.13. The minimum absolute atomic E-state index is 0.769. The molecule has 0 unspecified atom stereocenters. The van der Waals surface area contributed by atoms with Gasteiger partial charge in [-0.3, -0.25) is 0 Å². The third kappa shape index (κ3) is 1.60. The zero-order valence-electron chi connectivity index (χ0n) is 7.49. The fourth-order valence-electron chi connectivity index (χ4n) is 1.58. The molecule has 0 aromatic carbocycles. The predicted octanol–water partition coefficient (Wildman–Crippen LogP) is 1.18. The first-order chi connectivity index (χ1) is 6.42. The SMILES string of the molecule is C1NCC1Cc1nnc(C2CC2)s1. The van der Waals surface area contributed by atoms with Crippen molar-refractivity contribution in [3.05, 3.63) is 10.0 Å². The van der Waals surface area contributed by atoms with Crippen LogP contribution in [0.5, 0.6) is 0 Å². The summed E-state index contributed by atoms with van der Waals surface area (Å²) >= 11 is 1.83. The van der Waals surface area contributed by atoms with Crippen molar-refractivity contribution in [3.63, 3.8) is 0 Å². The largest absolute Gasteiger partial charge is 0.316 e. The van der Waals surface area contributed by atoms with Crippen molar-refractivity contribution in [2.75, 3.05) is 13.1 Å². The van der Waals surface area contributed by atoms with Gasteiger partial charge in [0, 0.05) is 12.3 Å². The maximum atomic E-state index is 4.24. The van der Waals surface area contributed by atoms with E-state index in [4.69, 9.17) is 0 Å². The Labute approximate surface area is 81.6 Å². The zero-order valence-corrected chi connectivity index (χ0v) is 8.31. The number of nitrogens with zero attached hydrogens (tertiary/aromatic N) is 2. The summed E-state index contributed by atoms with van der Waals surface area (Å²) in [4.78, 5) is 0. The van der Waals surface area contributed by atoms with Gasteiger partial charge in [0.25, 0.3) is 0 Å². The molecule has 4 heteroatoms. The Hall–Kier alpha value is -0.480. The summed E-state index contributed by atoms with van der Waals surface area (Å²) in [6, 6.07) is 0. The van der Waals surface area contributed by atoms with Crippen molar-refractivity contribution in [1.82, 2.24) is 15.5 Å². The van der Waals surface area contributed by atoms with Gasteiger partial charge in [-0.15, -0.1) is 21.5 Å². The third-order valence-corrected chi connectivity index (χ3v) is 3.85. The second-order valence-electron chi connectivity index (χ2n) is 4.04. The summed E-state index contributed by atoms with van der Waals surface area (Å²) < 4.78 is 0. The van der Waals surface area contributed by atoms with Gasteiger partial charge in [-0.1, -0.05) is 0 Å². The fourth-order valence-corrected chi connectivity index (χ4v) is 2.71. The first kappa shape index (κ1) is 7.88. The molecular formula is C9H13N3S. The Morgan fingerprint density at radius 2 is 2.15 bits per heavy atom. The lowest BCUT2D eigenvalue weighted by Crippen LogP contribution is -2.43. The molecule has 1 aliphatic carbocycles. The van der Waals surface area contributed by atoms with E-state index in [9.17, 15) is 0 Å². The van der Waals surface area contributed by atoms with Gasteiger partial charge < -0.3 is 5.32 Å². The maximum Gasteiger partial charge on any atom is 0.120 e. The Bertz CT molecular complexity index is 302. The molecular weight excluding hydrogens is 182 g/mol. The number of hydrogen-bond donors (Lipinski definition) is 1. The monoisotopic (exact) mass is 195 g/mol. The first-order valence-electron chi connectivity index (χ1n) is 4.95. The summed E-state index contributed by atoms with van der Waals surface area (Å²) in [5, 5.41) is 14.3. The normalized spacial score (nSPS) is 23.1. The average Bonchev–Trinajstić information content (AvgIpc) is 2.80. The van der Waals surface area contributed by atoms with Gasteiger partial charge in [0.15, 0.2) is 0 Å². The van der Waals surface area contributed by atoms with Gasteiger partial charge in [-0.25, -0.2) is 0 Å². The molecule has 2 heterocycles. The Morgan fingerprint density at radius 3 is 2.77 bits per heavy atom. The Balaban J connectivity index is 1.66. The quantitative estimate of drug-likeness (QED) is 0.787. The van der Waals surface area contributed by atoms with Crippen LogP contribution < -0.4 is 5.32 Å². The highest BCUT2D eigenvalue weighted by atomic mass is 32.1. The number of nitrogens with one attached hydrogen (secondary N) is 1. The van der Waals surface area contributed by atoms with Crippen LogP contribution in [0.3, 0.4) is 0 Å². The van der Waals surface area contributed by atoms with Crippen LogP contribution in [-0.2, 0) is 6.42 Å². The van der Waals surface area contributed by atoms with E-state index in [0.717, 1.165) is 18.3 Å². The minimum atomic E-state index is 0.769. The molecule has 1 aliphatic heterocycles. The standard InChI is InChI=1S/C9H13N3S/c1-2-7(1)9-12-11-8(13-9)3-6-4-10-5-6/h6-7,10H,1-5H2. The highest BCUT2D eigenvalue weighted by Gasteiger charge is 2.28. The lowest BCUT2D eigenvalue weighted by molar-refractivity contribution is 0.345. The molecule has 1 N–H and O–H groups in total. The van der Waals surface area contributed by atoms with Crippen molar-refractivity contribution < 1.29 is 0 Å². The van der Waals surface area contributed by atoms with Crippen molar-refractivity contribution in [2.45, 2.75) is 25.2 Å². The summed E-state index contributed by atoms with van der Waals surface area (Å²) in [5.74, 6) is 1.59. The van der Waals surface area contributed by atoms with E-state index in [1.807, 2.05) is 11.3 Å². The lowest BCUT2D eigenvalue weighted by Gasteiger charge is -2.25. The summed E-state index contributed by atoms with van der Waals surface area (Å²) in [5.41, 5.74) is 0. The van der Waals surface area contributed by atoms with E-state index in [2.05, 4.69) is 15.5 Å². The van der Waals surface area contributed by atoms with E-state index in [1.165, 1.54) is 35.9 Å². The van der Waals surface area contributed by atoms with E-state index >= 15 is 0 Å². The van der Waals surface area contributed by atoms with Gasteiger partial charge in [0.2, 0.25) is 0 Å². The summed E-state index contributed by atoms with van der Waals surface area (Å²) in [6.45, 7) is 2.33. The molecule has 1 saturated carbocycles. The van der Waals surface area contributed by atoms with Crippen LogP contribution in [-0.4, -0.2) is 23.3 Å². The topological polar surface area (TPSA) is 37.8 Å². The summed E-state index contributed by atoms with van der Waals surface area (Å²) in [6.07, 6.45) is 3.80. The molecule has 0 spiro atoms. The minimum Gasteiger partial charge on any atom is -0.316 e. The Morgan fingerprint density at radius 1 is 1.31 bits per heavy atom. The highest BCUT2D eigenvalue weighted by molar-refractivity contribution is 7.11. The zero-order chi connectivity index (χ0) is 8.67. The smallest absolute Gasteiger partial charge is 0.120 e. The molecule has 2 aliphatic rings. The fraction of sp³-hybridized carbons (Fsp3) is 0.778. The average molecular weight is 195 g/mol. The van der Waals surface area contributed by atoms with Crippen molar-refractivity contribution in [3.8, 4) is 0 Å². The van der Waals surface area contributed by atoms with E-state index in [-0.39, 0.29) is 0 Å². The van der Waals surface area contributed by atoms with Crippen LogP contribution in [0, 0.1) is 5.92 Å². The highest BCUT2D eigenvalue weighted by Crippen LogP contribution is 2.41. The van der Waals surface area contributed by atoms with Crippen LogP contribution in [0.15, 0.2) is 0 Å². The Kier molecular flexibility index (Phi) is 1.84. The van der Waals surface area contributed by atoms with Crippen LogP contribution >= 0.6 is 11.3 Å². The molecule has 1 aromatic rings. The molecule has 70 valence electrons. The van der Waals surface area contributed by atoms with E-state index < -0.39 is 0 Å². The predicted molar refractivity (Wildman–Crippen MR) is 51.9 cm³/mol. The molecule has 13 heavy (non-hydrogen) atoms. The number of hydrogen-bond acceptors (Lipinski definition) is 4. The molecule has 0 atom stereocenters. The molecule has 0 radical (unpaired) electrons. The van der Waals surface area contributed by atoms with Crippen molar-refractivity contribution in [2.24, 2.45) is 5.92 Å². The van der Waals surface area contributed by atoms with Crippen LogP contribution in [0.1, 0.15) is 28.8 Å². The lowest BCUT2D eigenvalue weighted by atomic mass is 10.0. The first-order valence-corrected chi connectivity index (χ1v) is 5.76. The van der Waals surface area contributed by atoms with Gasteiger partial charge in [0.05, 0.1) is 0 Å². The van der Waals surface area contributed by atoms with Crippen LogP contribution in [0.4, 0.5) is 0 Å². The van der Waals surface area contributed by atoms with Crippen molar-refractivity contribution >= 4 is 11.3 Å². The molecule has 0 bridgehead atoms. The van der Waals surface area contributed by atoms with Crippen molar-refractivity contribution in [1.29, 1.82) is 0 Å². The molecule has 1 aromatic heterocycles. The maximum absolute atomic E-state index is 4.24. The molecule has 2 fully saturated rings. The van der Waals surface area contributed by atoms with Gasteiger partial charge >= 0.3 is 0 Å². The molecule has 0 amide bonds. The third-order valence-electron chi connectivity index (χ3n) is 2.74. The van der Waals surface area contributed by atoms with Crippen LogP contribution in [0.25, 0.3) is 0 Å².